The zero-order valence-corrected chi connectivity index (χ0v) is 13.1. The molecule has 1 fully saturated rings. The van der Waals surface area contributed by atoms with E-state index in [4.69, 9.17) is 0 Å². The lowest BCUT2D eigenvalue weighted by Crippen LogP contribution is -2.23. The van der Waals surface area contributed by atoms with Crippen molar-refractivity contribution in [2.45, 2.75) is 40.0 Å². The molecule has 0 N–H and O–H groups in total. The second kappa shape index (κ2) is 3.97. The van der Waals surface area contributed by atoms with Crippen LogP contribution in [0.3, 0.4) is 0 Å². The molecule has 3 aliphatic carbocycles. The van der Waals surface area contributed by atoms with Crippen molar-refractivity contribution in [2.24, 2.45) is 23.2 Å². The normalized spacial score (nSPS) is 38.8. The number of hydrogen-bond acceptors (Lipinski definition) is 0. The highest BCUT2D eigenvalue weighted by Crippen LogP contribution is 2.60. The quantitative estimate of drug-likeness (QED) is 0.528. The van der Waals surface area contributed by atoms with Crippen LogP contribution >= 0.6 is 22.6 Å². The average molecular weight is 340 g/mol. The zero-order valence-electron chi connectivity index (χ0n) is 11.0. The summed E-state index contributed by atoms with van der Waals surface area (Å²) in [6.45, 7) is 7.17. The second-order valence-corrected chi connectivity index (χ2v) is 7.84. The minimum Gasteiger partial charge on any atom is -0.0810 e. The van der Waals surface area contributed by atoms with Gasteiger partial charge in [0, 0.05) is 0 Å². The van der Waals surface area contributed by atoms with Crippen molar-refractivity contribution in [1.29, 1.82) is 0 Å². The second-order valence-electron chi connectivity index (χ2n) is 6.45. The molecule has 3 aliphatic rings. The summed E-state index contributed by atoms with van der Waals surface area (Å²) < 4.78 is 1.58. The summed E-state index contributed by atoms with van der Waals surface area (Å²) in [5, 5.41) is 0. The van der Waals surface area contributed by atoms with Crippen molar-refractivity contribution in [3.8, 4) is 0 Å². The molecule has 1 heteroatoms. The third-order valence-electron chi connectivity index (χ3n) is 5.11. The van der Waals surface area contributed by atoms with E-state index in [-0.39, 0.29) is 0 Å². The van der Waals surface area contributed by atoms with Gasteiger partial charge in [-0.15, -0.1) is 0 Å². The van der Waals surface area contributed by atoms with E-state index < -0.39 is 0 Å². The van der Waals surface area contributed by atoms with Crippen molar-refractivity contribution in [3.63, 3.8) is 0 Å². The number of allylic oxidation sites excluding steroid dienone is 6. The largest absolute Gasteiger partial charge is 0.0810 e. The molecule has 3 rings (SSSR count). The van der Waals surface area contributed by atoms with Crippen LogP contribution in [-0.2, 0) is 0 Å². The smallest absolute Gasteiger partial charge is 0.00725 e. The molecule has 0 amide bonds. The van der Waals surface area contributed by atoms with Gasteiger partial charge < -0.3 is 0 Å². The highest BCUT2D eigenvalue weighted by atomic mass is 127. The Bertz CT molecular complexity index is 436. The highest BCUT2D eigenvalue weighted by molar-refractivity contribution is 14.1. The van der Waals surface area contributed by atoms with E-state index in [2.05, 4.69) is 61.6 Å². The van der Waals surface area contributed by atoms with E-state index >= 15 is 0 Å². The average Bonchev–Trinajstić information content (AvgIpc) is 2.49. The fourth-order valence-electron chi connectivity index (χ4n) is 4.19. The van der Waals surface area contributed by atoms with Crippen molar-refractivity contribution in [1.82, 2.24) is 0 Å². The van der Waals surface area contributed by atoms with Crippen LogP contribution in [0.5, 0.6) is 0 Å². The van der Waals surface area contributed by atoms with E-state index in [9.17, 15) is 0 Å². The monoisotopic (exact) mass is 340 g/mol. The molecule has 17 heavy (non-hydrogen) atoms. The first-order chi connectivity index (χ1) is 8.00. The molecule has 0 aromatic carbocycles. The molecule has 0 aliphatic heterocycles. The SMILES string of the molecule is CC1=CCC2C(=C1)C(C)(C)C1C=C(I)CCC21. The third kappa shape index (κ3) is 1.76. The molecule has 0 nitrogen and oxygen atoms in total. The van der Waals surface area contributed by atoms with Gasteiger partial charge in [0.05, 0.1) is 0 Å². The van der Waals surface area contributed by atoms with Crippen molar-refractivity contribution < 1.29 is 0 Å². The highest BCUT2D eigenvalue weighted by Gasteiger charge is 2.51. The topological polar surface area (TPSA) is 0 Å². The van der Waals surface area contributed by atoms with Crippen LogP contribution in [0.2, 0.25) is 0 Å². The van der Waals surface area contributed by atoms with Gasteiger partial charge in [0.1, 0.15) is 0 Å². The summed E-state index contributed by atoms with van der Waals surface area (Å²) in [7, 11) is 0. The van der Waals surface area contributed by atoms with Gasteiger partial charge in [-0.25, -0.2) is 0 Å². The zero-order chi connectivity index (χ0) is 12.2. The van der Waals surface area contributed by atoms with Crippen LogP contribution in [0.15, 0.2) is 33.0 Å². The standard InChI is InChI=1S/C16H21I/c1-10-4-6-12-13-7-5-11(17)9-15(13)16(2,3)14(12)8-10/h4,8-9,12-13,15H,5-7H2,1-3H3. The number of fused-ring (bicyclic) bond motifs is 3. The van der Waals surface area contributed by atoms with Gasteiger partial charge in [0.25, 0.3) is 0 Å². The number of rotatable bonds is 0. The predicted molar refractivity (Wildman–Crippen MR) is 82.0 cm³/mol. The van der Waals surface area contributed by atoms with Crippen molar-refractivity contribution in [3.05, 3.63) is 33.0 Å². The molecule has 0 aromatic heterocycles. The van der Waals surface area contributed by atoms with E-state index in [1.165, 1.54) is 24.8 Å². The Kier molecular flexibility index (Phi) is 2.81. The fourth-order valence-corrected chi connectivity index (χ4v) is 4.89. The molecule has 0 bridgehead atoms. The fraction of sp³-hybridized carbons (Fsp3) is 0.625. The van der Waals surface area contributed by atoms with E-state index in [0.29, 0.717) is 5.41 Å². The molecule has 1 saturated carbocycles. The molecule has 0 heterocycles. The van der Waals surface area contributed by atoms with Crippen LogP contribution < -0.4 is 0 Å². The molecule has 0 radical (unpaired) electrons. The molecule has 92 valence electrons. The lowest BCUT2D eigenvalue weighted by molar-refractivity contribution is 0.259. The Morgan fingerprint density at radius 2 is 2.12 bits per heavy atom. The lowest BCUT2D eigenvalue weighted by atomic mass is 9.74. The van der Waals surface area contributed by atoms with Crippen LogP contribution in [-0.4, -0.2) is 0 Å². The Morgan fingerprint density at radius 3 is 2.88 bits per heavy atom. The molecule has 3 unspecified atom stereocenters. The summed E-state index contributed by atoms with van der Waals surface area (Å²) in [4.78, 5) is 0. The maximum absolute atomic E-state index is 2.57. The Labute approximate surface area is 118 Å². The van der Waals surface area contributed by atoms with Gasteiger partial charge in [-0.2, -0.15) is 0 Å². The minimum absolute atomic E-state index is 0.377. The maximum Gasteiger partial charge on any atom is -0.00725 e. The molecular weight excluding hydrogens is 319 g/mol. The molecular formula is C16H21I. The first kappa shape index (κ1) is 12.0. The first-order valence-corrected chi connectivity index (χ1v) is 7.83. The summed E-state index contributed by atoms with van der Waals surface area (Å²) in [5.41, 5.74) is 3.58. The van der Waals surface area contributed by atoms with E-state index in [1.54, 1.807) is 9.15 Å². The van der Waals surface area contributed by atoms with Gasteiger partial charge in [-0.05, 0) is 75.5 Å². The first-order valence-electron chi connectivity index (χ1n) is 6.75. The van der Waals surface area contributed by atoms with Crippen LogP contribution in [0.1, 0.15) is 40.0 Å². The van der Waals surface area contributed by atoms with E-state index in [0.717, 1.165) is 17.8 Å². The van der Waals surface area contributed by atoms with Gasteiger partial charge in [-0.3, -0.25) is 0 Å². The Hall–Kier alpha value is -0.0500. The van der Waals surface area contributed by atoms with Crippen molar-refractivity contribution >= 4 is 22.6 Å². The summed E-state index contributed by atoms with van der Waals surface area (Å²) >= 11 is 2.54. The van der Waals surface area contributed by atoms with Gasteiger partial charge in [0.2, 0.25) is 0 Å². The van der Waals surface area contributed by atoms with Gasteiger partial charge in [0.15, 0.2) is 0 Å². The van der Waals surface area contributed by atoms with Gasteiger partial charge >= 0.3 is 0 Å². The Balaban J connectivity index is 2.06. The molecule has 0 spiro atoms. The summed E-state index contributed by atoms with van der Waals surface area (Å²) in [5.74, 6) is 2.51. The van der Waals surface area contributed by atoms with Crippen LogP contribution in [0.4, 0.5) is 0 Å². The predicted octanol–water partition coefficient (Wildman–Crippen LogP) is 5.26. The van der Waals surface area contributed by atoms with Crippen LogP contribution in [0, 0.1) is 23.2 Å². The molecule has 3 atom stereocenters. The molecule has 0 aromatic rings. The summed E-state index contributed by atoms with van der Waals surface area (Å²) in [6, 6.07) is 0. The van der Waals surface area contributed by atoms with Gasteiger partial charge in [-0.1, -0.05) is 43.2 Å². The maximum atomic E-state index is 2.57. The number of halogens is 1. The van der Waals surface area contributed by atoms with Crippen molar-refractivity contribution in [2.75, 3.05) is 0 Å². The third-order valence-corrected chi connectivity index (χ3v) is 6.01. The Morgan fingerprint density at radius 1 is 1.35 bits per heavy atom. The number of hydrogen-bond donors (Lipinski definition) is 0. The summed E-state index contributed by atoms with van der Waals surface area (Å²) in [6.07, 6.45) is 11.5. The minimum atomic E-state index is 0.377. The lowest BCUT2D eigenvalue weighted by Gasteiger charge is -2.32. The van der Waals surface area contributed by atoms with E-state index in [1.807, 2.05) is 0 Å². The van der Waals surface area contributed by atoms with Crippen LogP contribution in [0.25, 0.3) is 0 Å². The molecule has 0 saturated heterocycles.